The number of rotatable bonds is 5. The van der Waals surface area contributed by atoms with Gasteiger partial charge < -0.3 is 10.4 Å². The molecule has 1 aromatic heterocycles. The number of anilines is 1. The Kier molecular flexibility index (Phi) is 4.44. The first-order chi connectivity index (χ1) is 7.63. The summed E-state index contributed by atoms with van der Waals surface area (Å²) in [5.74, 6) is -0.750. The first kappa shape index (κ1) is 12.2. The van der Waals surface area contributed by atoms with E-state index in [1.54, 1.807) is 0 Å². The van der Waals surface area contributed by atoms with Gasteiger partial charge in [0.1, 0.15) is 5.82 Å². The van der Waals surface area contributed by atoms with Crippen LogP contribution >= 0.6 is 0 Å². The number of pyridine rings is 1. The maximum absolute atomic E-state index is 11.3. The Morgan fingerprint density at radius 2 is 2.19 bits per heavy atom. The van der Waals surface area contributed by atoms with Crippen molar-refractivity contribution < 1.29 is 14.7 Å². The molecule has 0 fully saturated rings. The highest BCUT2D eigenvalue weighted by Crippen LogP contribution is 2.06. The van der Waals surface area contributed by atoms with Crippen molar-refractivity contribution in [2.75, 3.05) is 5.32 Å². The van der Waals surface area contributed by atoms with Gasteiger partial charge in [-0.2, -0.15) is 0 Å². The second-order valence-electron chi connectivity index (χ2n) is 3.39. The lowest BCUT2D eigenvalue weighted by molar-refractivity contribution is -0.116. The van der Waals surface area contributed by atoms with Crippen LogP contribution in [0.15, 0.2) is 18.3 Å². The van der Waals surface area contributed by atoms with E-state index in [1.165, 1.54) is 18.3 Å². The molecule has 16 heavy (non-hydrogen) atoms. The molecule has 5 nitrogen and oxygen atoms in total. The Morgan fingerprint density at radius 1 is 1.44 bits per heavy atom. The molecule has 1 heterocycles. The molecule has 2 N–H and O–H groups in total. The lowest BCUT2D eigenvalue weighted by Gasteiger charge is -2.03. The van der Waals surface area contributed by atoms with E-state index in [4.69, 9.17) is 5.11 Å². The van der Waals surface area contributed by atoms with E-state index in [-0.39, 0.29) is 11.5 Å². The molecule has 1 rings (SSSR count). The Labute approximate surface area is 93.5 Å². The first-order valence-corrected chi connectivity index (χ1v) is 5.12. The quantitative estimate of drug-likeness (QED) is 0.797. The number of hydrogen-bond donors (Lipinski definition) is 2. The number of carbonyl (C=O) groups is 2. The number of aromatic nitrogens is 1. The van der Waals surface area contributed by atoms with E-state index in [2.05, 4.69) is 10.3 Å². The summed E-state index contributed by atoms with van der Waals surface area (Å²) in [6.07, 6.45) is 3.47. The SMILES string of the molecule is CCCCC(=O)Nc1ccc(C(=O)O)cn1. The van der Waals surface area contributed by atoms with E-state index < -0.39 is 5.97 Å². The summed E-state index contributed by atoms with van der Waals surface area (Å²) in [5.41, 5.74) is 0.103. The zero-order valence-corrected chi connectivity index (χ0v) is 9.06. The van der Waals surface area contributed by atoms with E-state index in [9.17, 15) is 9.59 Å². The zero-order chi connectivity index (χ0) is 12.0. The summed E-state index contributed by atoms with van der Waals surface area (Å²) in [4.78, 5) is 25.7. The number of amides is 1. The van der Waals surface area contributed by atoms with Crippen LogP contribution in [0.5, 0.6) is 0 Å². The van der Waals surface area contributed by atoms with Crippen molar-refractivity contribution in [2.45, 2.75) is 26.2 Å². The van der Waals surface area contributed by atoms with Crippen molar-refractivity contribution in [1.82, 2.24) is 4.98 Å². The Balaban J connectivity index is 2.55. The van der Waals surface area contributed by atoms with Gasteiger partial charge in [0, 0.05) is 12.6 Å². The number of nitrogens with one attached hydrogen (secondary N) is 1. The standard InChI is InChI=1S/C11H14N2O3/c1-2-3-4-10(14)13-9-6-5-8(7-12-9)11(15)16/h5-7H,2-4H2,1H3,(H,15,16)(H,12,13,14). The minimum Gasteiger partial charge on any atom is -0.478 e. The summed E-state index contributed by atoms with van der Waals surface area (Å²) < 4.78 is 0. The molecule has 0 aromatic carbocycles. The molecule has 0 radical (unpaired) electrons. The molecule has 0 aliphatic heterocycles. The average Bonchev–Trinajstić information content (AvgIpc) is 2.27. The summed E-state index contributed by atoms with van der Waals surface area (Å²) in [7, 11) is 0. The molecule has 1 amide bonds. The van der Waals surface area contributed by atoms with Gasteiger partial charge in [0.15, 0.2) is 0 Å². The third-order valence-corrected chi connectivity index (χ3v) is 2.04. The predicted octanol–water partition coefficient (Wildman–Crippen LogP) is 1.91. The molecule has 0 bridgehead atoms. The minimum absolute atomic E-state index is 0.0996. The van der Waals surface area contributed by atoms with Crippen LogP contribution in [0.3, 0.4) is 0 Å². The number of carboxylic acids is 1. The van der Waals surface area contributed by atoms with Crippen molar-refractivity contribution in [2.24, 2.45) is 0 Å². The number of carboxylic acid groups (broad SMARTS) is 1. The molecule has 0 saturated heterocycles. The van der Waals surface area contributed by atoms with Crippen LogP contribution in [0.2, 0.25) is 0 Å². The summed E-state index contributed by atoms with van der Waals surface area (Å²) in [6, 6.07) is 2.89. The van der Waals surface area contributed by atoms with E-state index in [0.717, 1.165) is 12.8 Å². The number of hydrogen-bond acceptors (Lipinski definition) is 3. The molecular weight excluding hydrogens is 208 g/mol. The number of aromatic carboxylic acids is 1. The van der Waals surface area contributed by atoms with Gasteiger partial charge in [-0.25, -0.2) is 9.78 Å². The predicted molar refractivity (Wildman–Crippen MR) is 59.4 cm³/mol. The van der Waals surface area contributed by atoms with Gasteiger partial charge in [0.05, 0.1) is 5.56 Å². The van der Waals surface area contributed by atoms with Crippen LogP contribution in [0, 0.1) is 0 Å². The van der Waals surface area contributed by atoms with Crippen molar-refractivity contribution in [1.29, 1.82) is 0 Å². The summed E-state index contributed by atoms with van der Waals surface area (Å²) in [5, 5.41) is 11.2. The molecule has 0 saturated carbocycles. The lowest BCUT2D eigenvalue weighted by atomic mass is 10.2. The molecule has 0 atom stereocenters. The average molecular weight is 222 g/mol. The molecule has 1 aromatic rings. The van der Waals surface area contributed by atoms with Crippen molar-refractivity contribution in [3.05, 3.63) is 23.9 Å². The van der Waals surface area contributed by atoms with Crippen LogP contribution in [0.1, 0.15) is 36.5 Å². The number of carbonyl (C=O) groups excluding carboxylic acids is 1. The van der Waals surface area contributed by atoms with Gasteiger partial charge in [0.25, 0.3) is 0 Å². The van der Waals surface area contributed by atoms with Gasteiger partial charge in [-0.15, -0.1) is 0 Å². The highest BCUT2D eigenvalue weighted by molar-refractivity contribution is 5.91. The number of unbranched alkanes of at least 4 members (excludes halogenated alkanes) is 1. The summed E-state index contributed by atoms with van der Waals surface area (Å²) >= 11 is 0. The van der Waals surface area contributed by atoms with E-state index >= 15 is 0 Å². The largest absolute Gasteiger partial charge is 0.478 e. The first-order valence-electron chi connectivity index (χ1n) is 5.12. The second kappa shape index (κ2) is 5.85. The van der Waals surface area contributed by atoms with Crippen LogP contribution < -0.4 is 5.32 Å². The molecule has 5 heteroatoms. The molecule has 0 aliphatic carbocycles. The van der Waals surface area contributed by atoms with Crippen LogP contribution in [0.25, 0.3) is 0 Å². The van der Waals surface area contributed by atoms with E-state index in [1.807, 2.05) is 6.92 Å². The van der Waals surface area contributed by atoms with Crippen molar-refractivity contribution in [3.63, 3.8) is 0 Å². The fourth-order valence-corrected chi connectivity index (χ4v) is 1.14. The summed E-state index contributed by atoms with van der Waals surface area (Å²) in [6.45, 7) is 2.01. The molecule has 0 spiro atoms. The third kappa shape index (κ3) is 3.68. The fraction of sp³-hybridized carbons (Fsp3) is 0.364. The van der Waals surface area contributed by atoms with Crippen LogP contribution in [0.4, 0.5) is 5.82 Å². The van der Waals surface area contributed by atoms with Gasteiger partial charge in [-0.1, -0.05) is 13.3 Å². The normalized spacial score (nSPS) is 9.81. The lowest BCUT2D eigenvalue weighted by Crippen LogP contribution is -2.12. The van der Waals surface area contributed by atoms with Crippen molar-refractivity contribution in [3.8, 4) is 0 Å². The van der Waals surface area contributed by atoms with Crippen LogP contribution in [-0.4, -0.2) is 22.0 Å². The monoisotopic (exact) mass is 222 g/mol. The zero-order valence-electron chi connectivity index (χ0n) is 9.06. The van der Waals surface area contributed by atoms with Crippen molar-refractivity contribution >= 4 is 17.7 Å². The van der Waals surface area contributed by atoms with Gasteiger partial charge >= 0.3 is 5.97 Å². The van der Waals surface area contributed by atoms with Gasteiger partial charge in [-0.3, -0.25) is 4.79 Å². The van der Waals surface area contributed by atoms with Gasteiger partial charge in [0.2, 0.25) is 5.91 Å². The topological polar surface area (TPSA) is 79.3 Å². The minimum atomic E-state index is -1.03. The Morgan fingerprint density at radius 3 is 2.69 bits per heavy atom. The Bertz CT molecular complexity index is 373. The highest BCUT2D eigenvalue weighted by atomic mass is 16.4. The smallest absolute Gasteiger partial charge is 0.337 e. The number of nitrogens with zero attached hydrogens (tertiary/aromatic N) is 1. The second-order valence-corrected chi connectivity index (χ2v) is 3.39. The maximum atomic E-state index is 11.3. The van der Waals surface area contributed by atoms with Gasteiger partial charge in [-0.05, 0) is 18.6 Å². The maximum Gasteiger partial charge on any atom is 0.337 e. The molecular formula is C11H14N2O3. The third-order valence-electron chi connectivity index (χ3n) is 2.04. The molecule has 86 valence electrons. The van der Waals surface area contributed by atoms with Crippen LogP contribution in [-0.2, 0) is 4.79 Å². The fourth-order valence-electron chi connectivity index (χ4n) is 1.14. The highest BCUT2D eigenvalue weighted by Gasteiger charge is 2.05. The molecule has 0 aliphatic rings. The van der Waals surface area contributed by atoms with E-state index in [0.29, 0.717) is 12.2 Å². The molecule has 0 unspecified atom stereocenters. The Hall–Kier alpha value is -1.91.